The Balaban J connectivity index is 2.56. The first-order valence-corrected chi connectivity index (χ1v) is 5.60. The van der Waals surface area contributed by atoms with Crippen molar-refractivity contribution in [2.75, 3.05) is 7.11 Å². The molecule has 0 radical (unpaired) electrons. The quantitative estimate of drug-likeness (QED) is 0.719. The molecule has 0 atom stereocenters. The fourth-order valence-corrected chi connectivity index (χ4v) is 2.62. The zero-order valence-electron chi connectivity index (χ0n) is 8.39. The smallest absolute Gasteiger partial charge is 0.124 e. The van der Waals surface area contributed by atoms with Gasteiger partial charge in [0.2, 0.25) is 0 Å². The van der Waals surface area contributed by atoms with Gasteiger partial charge in [0, 0.05) is 10.0 Å². The molecule has 2 nitrogen and oxygen atoms in total. The number of hydrogen-bond donors (Lipinski definition) is 0. The molecule has 4 heteroatoms. The lowest BCUT2D eigenvalue weighted by Gasteiger charge is -2.18. The van der Waals surface area contributed by atoms with Gasteiger partial charge in [-0.15, -0.1) is 0 Å². The predicted octanol–water partition coefficient (Wildman–Crippen LogP) is 3.28. The highest BCUT2D eigenvalue weighted by Gasteiger charge is 2.19. The van der Waals surface area contributed by atoms with Crippen molar-refractivity contribution in [3.8, 4) is 0 Å². The lowest BCUT2D eigenvalue weighted by molar-refractivity contribution is 0.212. The van der Waals surface area contributed by atoms with E-state index in [4.69, 9.17) is 4.84 Å². The molecule has 15 heavy (non-hydrogen) atoms. The van der Waals surface area contributed by atoms with Gasteiger partial charge in [0.25, 0.3) is 0 Å². The molecule has 0 N–H and O–H groups in total. The molecule has 0 saturated carbocycles. The second-order valence-corrected chi connectivity index (χ2v) is 4.35. The second kappa shape index (κ2) is 4.31. The van der Waals surface area contributed by atoms with Crippen LogP contribution in [-0.2, 0) is 11.3 Å². The zero-order valence-corrected chi connectivity index (χ0v) is 9.97. The lowest BCUT2D eigenvalue weighted by Crippen LogP contribution is -2.13. The average Bonchev–Trinajstić information content (AvgIpc) is 2.17. The van der Waals surface area contributed by atoms with Gasteiger partial charge in [0.1, 0.15) is 12.9 Å². The summed E-state index contributed by atoms with van der Waals surface area (Å²) in [6.07, 6.45) is 2.77. The van der Waals surface area contributed by atoms with Crippen LogP contribution in [0.2, 0.25) is 0 Å². The highest BCUT2D eigenvalue weighted by atomic mass is 79.9. The molecule has 0 heterocycles. The van der Waals surface area contributed by atoms with E-state index in [0.717, 1.165) is 40.6 Å². The third-order valence-electron chi connectivity index (χ3n) is 2.49. The first-order valence-electron chi connectivity index (χ1n) is 4.80. The van der Waals surface area contributed by atoms with Crippen LogP contribution < -0.4 is 0 Å². The molecule has 1 aromatic carbocycles. The molecule has 80 valence electrons. The molecule has 0 aliphatic heterocycles. The fraction of sp³-hybridized carbons (Fsp3) is 0.364. The van der Waals surface area contributed by atoms with Crippen LogP contribution in [0.3, 0.4) is 0 Å². The lowest BCUT2D eigenvalue weighted by atomic mass is 9.90. The number of hydrogen-bond acceptors (Lipinski definition) is 2. The number of benzene rings is 1. The van der Waals surface area contributed by atoms with Crippen molar-refractivity contribution in [2.45, 2.75) is 19.3 Å². The van der Waals surface area contributed by atoms with E-state index in [1.54, 1.807) is 6.07 Å². The fourth-order valence-electron chi connectivity index (χ4n) is 1.92. The Morgan fingerprint density at radius 1 is 1.40 bits per heavy atom. The summed E-state index contributed by atoms with van der Waals surface area (Å²) in [5, 5.41) is 3.98. The van der Waals surface area contributed by atoms with Gasteiger partial charge in [-0.2, -0.15) is 0 Å². The SMILES string of the molecule is CON=C1CCCc2cc(F)cc(Br)c21. The maximum Gasteiger partial charge on any atom is 0.124 e. The maximum absolute atomic E-state index is 13.2. The van der Waals surface area contributed by atoms with Crippen LogP contribution >= 0.6 is 15.9 Å². The van der Waals surface area contributed by atoms with Crippen LogP contribution in [0.25, 0.3) is 0 Å². The number of nitrogens with zero attached hydrogens (tertiary/aromatic N) is 1. The van der Waals surface area contributed by atoms with Crippen molar-refractivity contribution in [3.63, 3.8) is 0 Å². The van der Waals surface area contributed by atoms with Gasteiger partial charge < -0.3 is 4.84 Å². The van der Waals surface area contributed by atoms with Crippen molar-refractivity contribution >= 4 is 21.6 Å². The predicted molar refractivity (Wildman–Crippen MR) is 60.6 cm³/mol. The van der Waals surface area contributed by atoms with Gasteiger partial charge in [-0.05, 0) is 52.9 Å². The van der Waals surface area contributed by atoms with Crippen LogP contribution in [0.5, 0.6) is 0 Å². The van der Waals surface area contributed by atoms with Crippen molar-refractivity contribution in [3.05, 3.63) is 33.5 Å². The number of rotatable bonds is 1. The summed E-state index contributed by atoms with van der Waals surface area (Å²) in [6.45, 7) is 0. The third-order valence-corrected chi connectivity index (χ3v) is 3.11. The Morgan fingerprint density at radius 2 is 2.20 bits per heavy atom. The van der Waals surface area contributed by atoms with E-state index in [1.807, 2.05) is 0 Å². The van der Waals surface area contributed by atoms with Crippen molar-refractivity contribution in [1.29, 1.82) is 0 Å². The van der Waals surface area contributed by atoms with Crippen LogP contribution in [-0.4, -0.2) is 12.8 Å². The average molecular weight is 272 g/mol. The highest BCUT2D eigenvalue weighted by molar-refractivity contribution is 9.10. The number of fused-ring (bicyclic) bond motifs is 1. The molecule has 0 aromatic heterocycles. The largest absolute Gasteiger partial charge is 0.399 e. The summed E-state index contributed by atoms with van der Waals surface area (Å²) in [6, 6.07) is 3.04. The number of halogens is 2. The maximum atomic E-state index is 13.2. The molecular weight excluding hydrogens is 261 g/mol. The van der Waals surface area contributed by atoms with Crippen LogP contribution in [0, 0.1) is 5.82 Å². The topological polar surface area (TPSA) is 21.6 Å². The van der Waals surface area contributed by atoms with Crippen LogP contribution in [0.1, 0.15) is 24.0 Å². The Bertz CT molecular complexity index is 417. The molecule has 0 saturated heterocycles. The standard InChI is InChI=1S/C11H11BrFNO/c1-15-14-10-4-2-3-7-5-8(13)6-9(12)11(7)10/h5-6H,2-4H2,1H3. The molecule has 1 aromatic rings. The highest BCUT2D eigenvalue weighted by Crippen LogP contribution is 2.29. The van der Waals surface area contributed by atoms with Gasteiger partial charge in [-0.1, -0.05) is 5.16 Å². The first-order chi connectivity index (χ1) is 7.22. The van der Waals surface area contributed by atoms with E-state index in [0.29, 0.717) is 0 Å². The molecule has 0 amide bonds. The van der Waals surface area contributed by atoms with Gasteiger partial charge in [-0.3, -0.25) is 0 Å². The van der Waals surface area contributed by atoms with E-state index in [1.165, 1.54) is 13.2 Å². The number of aryl methyl sites for hydroxylation is 1. The second-order valence-electron chi connectivity index (χ2n) is 3.50. The van der Waals surface area contributed by atoms with Crippen LogP contribution in [0.15, 0.2) is 21.8 Å². The Kier molecular flexibility index (Phi) is 3.05. The monoisotopic (exact) mass is 271 g/mol. The summed E-state index contributed by atoms with van der Waals surface area (Å²) in [5.41, 5.74) is 2.89. The normalized spacial score (nSPS) is 17.7. The zero-order chi connectivity index (χ0) is 10.8. The van der Waals surface area contributed by atoms with Gasteiger partial charge in [-0.25, -0.2) is 4.39 Å². The number of oxime groups is 1. The minimum Gasteiger partial charge on any atom is -0.399 e. The molecule has 0 spiro atoms. The van der Waals surface area contributed by atoms with Gasteiger partial charge >= 0.3 is 0 Å². The summed E-state index contributed by atoms with van der Waals surface area (Å²) < 4.78 is 13.9. The molecule has 0 unspecified atom stereocenters. The Morgan fingerprint density at radius 3 is 2.93 bits per heavy atom. The molecular formula is C11H11BrFNO. The van der Waals surface area contributed by atoms with E-state index in [9.17, 15) is 4.39 Å². The Labute approximate surface area is 96.2 Å². The van der Waals surface area contributed by atoms with Gasteiger partial charge in [0.15, 0.2) is 0 Å². The minimum absolute atomic E-state index is 0.209. The summed E-state index contributed by atoms with van der Waals surface area (Å²) in [7, 11) is 1.53. The molecule has 0 fully saturated rings. The summed E-state index contributed by atoms with van der Waals surface area (Å²) >= 11 is 3.37. The Hall–Kier alpha value is -0.900. The van der Waals surface area contributed by atoms with E-state index >= 15 is 0 Å². The molecule has 1 aliphatic rings. The van der Waals surface area contributed by atoms with E-state index < -0.39 is 0 Å². The molecule has 0 bridgehead atoms. The van der Waals surface area contributed by atoms with Gasteiger partial charge in [0.05, 0.1) is 5.71 Å². The van der Waals surface area contributed by atoms with Crippen molar-refractivity contribution in [1.82, 2.24) is 0 Å². The molecule has 2 rings (SSSR count). The third kappa shape index (κ3) is 2.04. The molecule has 1 aliphatic carbocycles. The van der Waals surface area contributed by atoms with Crippen LogP contribution in [0.4, 0.5) is 4.39 Å². The summed E-state index contributed by atoms with van der Waals surface area (Å²) in [4.78, 5) is 4.80. The van der Waals surface area contributed by atoms with E-state index in [-0.39, 0.29) is 5.82 Å². The first kappa shape index (κ1) is 10.6. The van der Waals surface area contributed by atoms with Crippen molar-refractivity contribution in [2.24, 2.45) is 5.16 Å². The van der Waals surface area contributed by atoms with E-state index in [2.05, 4.69) is 21.1 Å². The minimum atomic E-state index is -0.209. The summed E-state index contributed by atoms with van der Waals surface area (Å²) in [5.74, 6) is -0.209. The van der Waals surface area contributed by atoms with Crippen molar-refractivity contribution < 1.29 is 9.23 Å².